The van der Waals surface area contributed by atoms with Crippen molar-refractivity contribution >= 4 is 11.9 Å². The van der Waals surface area contributed by atoms with Gasteiger partial charge >= 0.3 is 12.1 Å². The molecule has 8 nitrogen and oxygen atoms in total. The predicted octanol–water partition coefficient (Wildman–Crippen LogP) is 2.81. The van der Waals surface area contributed by atoms with Crippen LogP contribution in [0.25, 0.3) is 0 Å². The Bertz CT molecular complexity index is 975. The summed E-state index contributed by atoms with van der Waals surface area (Å²) in [6.07, 6.45) is -2.41. The van der Waals surface area contributed by atoms with Crippen molar-refractivity contribution < 1.29 is 41.7 Å². The van der Waals surface area contributed by atoms with Crippen LogP contribution in [0.5, 0.6) is 0 Å². The van der Waals surface area contributed by atoms with Crippen LogP contribution in [0.1, 0.15) is 35.8 Å². The predicted molar refractivity (Wildman–Crippen MR) is 111 cm³/mol. The van der Waals surface area contributed by atoms with Gasteiger partial charge in [-0.05, 0) is 17.5 Å². The summed E-state index contributed by atoms with van der Waals surface area (Å²) in [6, 6.07) is 10.1. The first-order valence-electron chi connectivity index (χ1n) is 10.7. The van der Waals surface area contributed by atoms with Gasteiger partial charge in [0.2, 0.25) is 0 Å². The third-order valence-corrected chi connectivity index (χ3v) is 5.44. The number of aromatic nitrogens is 2. The molecule has 186 valence electrons. The Morgan fingerprint density at radius 1 is 1.18 bits per heavy atom. The van der Waals surface area contributed by atoms with Gasteiger partial charge in [-0.3, -0.25) is 9.48 Å². The lowest BCUT2D eigenvalue weighted by molar-refractivity contribution is -0.192. The van der Waals surface area contributed by atoms with Crippen LogP contribution in [0, 0.1) is 0 Å². The van der Waals surface area contributed by atoms with Gasteiger partial charge in [0.25, 0.3) is 5.91 Å². The topological polar surface area (TPSA) is 103 Å². The van der Waals surface area contributed by atoms with E-state index < -0.39 is 23.7 Å². The number of alkyl halides is 4. The maximum absolute atomic E-state index is 14.7. The zero-order valence-corrected chi connectivity index (χ0v) is 18.2. The van der Waals surface area contributed by atoms with E-state index in [1.165, 1.54) is 5.56 Å². The third-order valence-electron chi connectivity index (χ3n) is 5.44. The smallest absolute Gasteiger partial charge is 0.475 e. The highest BCUT2D eigenvalue weighted by atomic mass is 19.4. The number of carboxylic acid groups (broad SMARTS) is 1. The van der Waals surface area contributed by atoms with Crippen molar-refractivity contribution in [3.8, 4) is 0 Å². The van der Waals surface area contributed by atoms with E-state index >= 15 is 0 Å². The van der Waals surface area contributed by atoms with Crippen molar-refractivity contribution in [2.45, 2.75) is 43.8 Å². The maximum Gasteiger partial charge on any atom is 0.490 e. The molecule has 1 saturated heterocycles. The third kappa shape index (κ3) is 6.76. The molecule has 4 rings (SSSR count). The molecular formula is C22H25F4N3O5. The lowest BCUT2D eigenvalue weighted by Gasteiger charge is -2.29. The number of halogens is 4. The van der Waals surface area contributed by atoms with Crippen LogP contribution in [0.4, 0.5) is 17.6 Å². The molecule has 3 heterocycles. The number of fused-ring (bicyclic) bond motifs is 1. The number of aliphatic carboxylic acids is 1. The van der Waals surface area contributed by atoms with Gasteiger partial charge in [-0.2, -0.15) is 18.3 Å². The van der Waals surface area contributed by atoms with Crippen LogP contribution in [-0.2, 0) is 32.0 Å². The molecule has 0 spiro atoms. The number of carbonyl (C=O) groups excluding carboxylic acids is 1. The monoisotopic (exact) mass is 487 g/mol. The van der Waals surface area contributed by atoms with Crippen LogP contribution in [0.2, 0.25) is 0 Å². The minimum atomic E-state index is -5.08. The van der Waals surface area contributed by atoms with Crippen molar-refractivity contribution in [3.63, 3.8) is 0 Å². The molecule has 0 bridgehead atoms. The first-order chi connectivity index (χ1) is 16.1. The fraction of sp³-hybridized carbons (Fsp3) is 0.500. The molecule has 1 atom stereocenters. The van der Waals surface area contributed by atoms with Crippen molar-refractivity contribution in [2.75, 3.05) is 26.4 Å². The van der Waals surface area contributed by atoms with Gasteiger partial charge in [0.15, 0.2) is 5.67 Å². The number of ether oxygens (including phenoxy) is 2. The molecule has 2 aliphatic rings. The minimum absolute atomic E-state index is 0.0985. The van der Waals surface area contributed by atoms with Crippen molar-refractivity contribution in [2.24, 2.45) is 0 Å². The Labute approximate surface area is 192 Å². The summed E-state index contributed by atoms with van der Waals surface area (Å²) in [5.41, 5.74) is 1.28. The van der Waals surface area contributed by atoms with Gasteiger partial charge in [-0.15, -0.1) is 0 Å². The minimum Gasteiger partial charge on any atom is -0.475 e. The number of hydrogen-bond acceptors (Lipinski definition) is 5. The molecule has 2 aromatic rings. The normalized spacial score (nSPS) is 19.4. The zero-order chi connectivity index (χ0) is 24.8. The summed E-state index contributed by atoms with van der Waals surface area (Å²) in [7, 11) is 0. The molecule has 34 heavy (non-hydrogen) atoms. The van der Waals surface area contributed by atoms with Crippen molar-refractivity contribution in [1.82, 2.24) is 15.1 Å². The molecule has 1 fully saturated rings. The zero-order valence-electron chi connectivity index (χ0n) is 18.2. The number of nitrogens with one attached hydrogen (secondary N) is 1. The fourth-order valence-electron chi connectivity index (χ4n) is 3.60. The van der Waals surface area contributed by atoms with E-state index in [0.29, 0.717) is 13.2 Å². The average Bonchev–Trinajstić information content (AvgIpc) is 3.21. The summed E-state index contributed by atoms with van der Waals surface area (Å²) in [4.78, 5) is 21.2. The number of carbonyl (C=O) groups is 2. The van der Waals surface area contributed by atoms with Crippen LogP contribution >= 0.6 is 0 Å². The van der Waals surface area contributed by atoms with Crippen LogP contribution in [-0.4, -0.2) is 65.0 Å². The van der Waals surface area contributed by atoms with E-state index in [4.69, 9.17) is 19.4 Å². The van der Waals surface area contributed by atoms with E-state index in [1.807, 2.05) is 29.1 Å². The number of hydrogen-bond donors (Lipinski definition) is 2. The van der Waals surface area contributed by atoms with Crippen LogP contribution in [0.15, 0.2) is 36.5 Å². The highest BCUT2D eigenvalue weighted by Gasteiger charge is 2.41. The van der Waals surface area contributed by atoms with Crippen molar-refractivity contribution in [1.29, 1.82) is 0 Å². The summed E-state index contributed by atoms with van der Waals surface area (Å²) in [5, 5.41) is 14.5. The Hall–Kier alpha value is -2.99. The van der Waals surface area contributed by atoms with Gasteiger partial charge in [0.05, 0.1) is 32.1 Å². The number of carboxylic acids is 1. The number of amides is 1. The van der Waals surface area contributed by atoms with Crippen LogP contribution < -0.4 is 5.32 Å². The molecule has 1 unspecified atom stereocenters. The summed E-state index contributed by atoms with van der Waals surface area (Å²) in [5.74, 6) is -3.34. The van der Waals surface area contributed by atoms with Gasteiger partial charge in [-0.1, -0.05) is 30.3 Å². The van der Waals surface area contributed by atoms with Crippen LogP contribution in [0.3, 0.4) is 0 Å². The quantitative estimate of drug-likeness (QED) is 0.629. The Balaban J connectivity index is 0.000000406. The van der Waals surface area contributed by atoms with Gasteiger partial charge < -0.3 is 19.9 Å². The van der Waals surface area contributed by atoms with Gasteiger partial charge in [-0.25, -0.2) is 9.18 Å². The molecule has 0 aliphatic carbocycles. The summed E-state index contributed by atoms with van der Waals surface area (Å²) in [6.45, 7) is 2.02. The molecule has 1 aromatic carbocycles. The molecule has 0 saturated carbocycles. The van der Waals surface area contributed by atoms with E-state index in [0.717, 1.165) is 17.7 Å². The molecule has 2 aliphatic heterocycles. The molecule has 12 heteroatoms. The van der Waals surface area contributed by atoms with E-state index in [9.17, 15) is 22.4 Å². The van der Waals surface area contributed by atoms with Gasteiger partial charge in [0, 0.05) is 25.6 Å². The molecule has 2 N–H and O–H groups in total. The lowest BCUT2D eigenvalue weighted by Crippen LogP contribution is -2.48. The standard InChI is InChI=1S/C20H24FN3O3.C2HF3O2/c21-20(7-10-26-11-8-20)19(25)22-12-17-18-16(6-9-27-17)14-24(23-18)13-15-4-2-1-3-5-15;3-2(4,5)1(6)7/h1-5,14,17H,6-13H2,(H,22,25);(H,6,7). The number of benzene rings is 1. The van der Waals surface area contributed by atoms with E-state index in [1.54, 1.807) is 0 Å². The number of rotatable bonds is 5. The molecule has 1 aromatic heterocycles. The molecule has 1 amide bonds. The first kappa shape index (κ1) is 25.6. The second-order valence-corrected chi connectivity index (χ2v) is 7.92. The highest BCUT2D eigenvalue weighted by Crippen LogP contribution is 2.28. The largest absolute Gasteiger partial charge is 0.490 e. The SMILES string of the molecule is O=C(NCC1OCCc2cn(Cc3ccccc3)nc21)C1(F)CCOCC1.O=C(O)C(F)(F)F. The highest BCUT2D eigenvalue weighted by molar-refractivity contribution is 5.85. The van der Waals surface area contributed by atoms with E-state index in [2.05, 4.69) is 22.5 Å². The number of nitrogens with zero attached hydrogens (tertiary/aromatic N) is 2. The Morgan fingerprint density at radius 3 is 2.44 bits per heavy atom. The second-order valence-electron chi connectivity index (χ2n) is 7.92. The van der Waals surface area contributed by atoms with Gasteiger partial charge in [0.1, 0.15) is 6.10 Å². The second kappa shape index (κ2) is 11.0. The Morgan fingerprint density at radius 2 is 1.82 bits per heavy atom. The van der Waals surface area contributed by atoms with Crippen molar-refractivity contribution in [3.05, 3.63) is 53.3 Å². The van der Waals surface area contributed by atoms with E-state index in [-0.39, 0.29) is 38.7 Å². The Kier molecular flexibility index (Phi) is 8.26. The molecule has 0 radical (unpaired) electrons. The maximum atomic E-state index is 14.7. The average molecular weight is 487 g/mol. The summed E-state index contributed by atoms with van der Waals surface area (Å²) < 4.78 is 59.3. The fourth-order valence-corrected chi connectivity index (χ4v) is 3.60. The molecular weight excluding hydrogens is 462 g/mol. The lowest BCUT2D eigenvalue weighted by atomic mass is 9.95. The summed E-state index contributed by atoms with van der Waals surface area (Å²) >= 11 is 0. The first-order valence-corrected chi connectivity index (χ1v) is 10.7.